The fourth-order valence-corrected chi connectivity index (χ4v) is 3.50. The van der Waals surface area contributed by atoms with Gasteiger partial charge in [-0.25, -0.2) is 0 Å². The van der Waals surface area contributed by atoms with E-state index in [9.17, 15) is 9.59 Å². The minimum atomic E-state index is 0.0204. The first-order valence-electron chi connectivity index (χ1n) is 9.14. The van der Waals surface area contributed by atoms with E-state index in [0.29, 0.717) is 12.1 Å². The smallest absolute Gasteiger partial charge is 0.253 e. The summed E-state index contributed by atoms with van der Waals surface area (Å²) in [5.41, 5.74) is 1.46. The Labute approximate surface area is 144 Å². The van der Waals surface area contributed by atoms with Crippen LogP contribution in [0.5, 0.6) is 0 Å². The van der Waals surface area contributed by atoms with Crippen molar-refractivity contribution in [3.05, 3.63) is 29.8 Å². The van der Waals surface area contributed by atoms with Crippen molar-refractivity contribution in [2.24, 2.45) is 0 Å². The van der Waals surface area contributed by atoms with E-state index in [-0.39, 0.29) is 11.8 Å². The molecule has 5 heteroatoms. The van der Waals surface area contributed by atoms with Gasteiger partial charge in [-0.2, -0.15) is 0 Å². The fourth-order valence-electron chi connectivity index (χ4n) is 3.50. The van der Waals surface area contributed by atoms with Crippen molar-refractivity contribution in [2.75, 3.05) is 38.0 Å². The second kappa shape index (κ2) is 8.29. The van der Waals surface area contributed by atoms with Crippen LogP contribution in [0.3, 0.4) is 0 Å². The highest BCUT2D eigenvalue weighted by Gasteiger charge is 2.18. The molecule has 1 aromatic carbocycles. The Morgan fingerprint density at radius 3 is 2.04 bits per heavy atom. The van der Waals surface area contributed by atoms with E-state index in [2.05, 4.69) is 10.2 Å². The molecular formula is C19H27N3O2. The number of carbonyl (C=O) groups is 2. The summed E-state index contributed by atoms with van der Waals surface area (Å²) in [6, 6.07) is 7.28. The monoisotopic (exact) mass is 329 g/mol. The largest absolute Gasteiger partial charge is 0.339 e. The molecular weight excluding hydrogens is 302 g/mol. The van der Waals surface area contributed by atoms with Crippen LogP contribution >= 0.6 is 0 Å². The standard InChI is InChI=1S/C19H27N3O2/c23-18(15-21-11-3-1-4-12-21)20-17-9-7-16(8-10-17)19(24)22-13-5-2-6-14-22/h7-10H,1-6,11-15H2,(H,20,23). The average Bonchev–Trinajstić information content (AvgIpc) is 2.63. The van der Waals surface area contributed by atoms with Gasteiger partial charge >= 0.3 is 0 Å². The van der Waals surface area contributed by atoms with Crippen molar-refractivity contribution in [1.29, 1.82) is 0 Å². The lowest BCUT2D eigenvalue weighted by Gasteiger charge is -2.27. The highest BCUT2D eigenvalue weighted by Crippen LogP contribution is 2.16. The Morgan fingerprint density at radius 1 is 0.833 bits per heavy atom. The van der Waals surface area contributed by atoms with E-state index < -0.39 is 0 Å². The first-order valence-corrected chi connectivity index (χ1v) is 9.14. The Balaban J connectivity index is 1.52. The quantitative estimate of drug-likeness (QED) is 0.924. The zero-order chi connectivity index (χ0) is 16.8. The number of likely N-dealkylation sites (tertiary alicyclic amines) is 2. The molecule has 2 fully saturated rings. The number of nitrogens with one attached hydrogen (secondary N) is 1. The van der Waals surface area contributed by atoms with Crippen molar-refractivity contribution in [3.8, 4) is 0 Å². The topological polar surface area (TPSA) is 52.7 Å². The molecule has 130 valence electrons. The molecule has 1 N–H and O–H groups in total. The Kier molecular flexibility index (Phi) is 5.86. The van der Waals surface area contributed by atoms with Crippen molar-refractivity contribution in [2.45, 2.75) is 38.5 Å². The molecule has 24 heavy (non-hydrogen) atoms. The number of piperidine rings is 2. The summed E-state index contributed by atoms with van der Waals surface area (Å²) in [7, 11) is 0. The summed E-state index contributed by atoms with van der Waals surface area (Å²) in [6.07, 6.45) is 7.03. The SMILES string of the molecule is O=C(CN1CCCCC1)Nc1ccc(C(=O)N2CCCCC2)cc1. The van der Waals surface area contributed by atoms with E-state index in [1.165, 1.54) is 25.7 Å². The van der Waals surface area contributed by atoms with Gasteiger partial charge in [-0.3, -0.25) is 14.5 Å². The van der Waals surface area contributed by atoms with Gasteiger partial charge in [-0.1, -0.05) is 6.42 Å². The zero-order valence-electron chi connectivity index (χ0n) is 14.3. The Morgan fingerprint density at radius 2 is 1.42 bits per heavy atom. The van der Waals surface area contributed by atoms with Gasteiger partial charge in [0, 0.05) is 24.3 Å². The molecule has 1 aromatic rings. The number of amides is 2. The third kappa shape index (κ3) is 4.57. The van der Waals surface area contributed by atoms with E-state index >= 15 is 0 Å². The zero-order valence-corrected chi connectivity index (χ0v) is 14.3. The lowest BCUT2D eigenvalue weighted by atomic mass is 10.1. The summed E-state index contributed by atoms with van der Waals surface area (Å²) >= 11 is 0. The number of anilines is 1. The van der Waals surface area contributed by atoms with Crippen LogP contribution in [0.15, 0.2) is 24.3 Å². The molecule has 2 heterocycles. The maximum absolute atomic E-state index is 12.4. The molecule has 0 unspecified atom stereocenters. The van der Waals surface area contributed by atoms with Crippen molar-refractivity contribution < 1.29 is 9.59 Å². The van der Waals surface area contributed by atoms with Crippen molar-refractivity contribution in [3.63, 3.8) is 0 Å². The minimum Gasteiger partial charge on any atom is -0.339 e. The van der Waals surface area contributed by atoms with Crippen LogP contribution in [0.4, 0.5) is 5.69 Å². The van der Waals surface area contributed by atoms with E-state index in [1.807, 2.05) is 29.2 Å². The Bertz CT molecular complexity index is 558. The predicted octanol–water partition coefficient (Wildman–Crippen LogP) is 2.74. The first kappa shape index (κ1) is 17.0. The van der Waals surface area contributed by atoms with Gasteiger partial charge in [-0.05, 0) is 69.5 Å². The number of benzene rings is 1. The summed E-state index contributed by atoms with van der Waals surface area (Å²) in [5.74, 6) is 0.118. The highest BCUT2D eigenvalue weighted by molar-refractivity contribution is 5.96. The second-order valence-corrected chi connectivity index (χ2v) is 6.82. The van der Waals surface area contributed by atoms with Gasteiger partial charge in [0.2, 0.25) is 5.91 Å². The van der Waals surface area contributed by atoms with Gasteiger partial charge in [0.05, 0.1) is 6.54 Å². The second-order valence-electron chi connectivity index (χ2n) is 6.82. The van der Waals surface area contributed by atoms with Gasteiger partial charge in [-0.15, -0.1) is 0 Å². The van der Waals surface area contributed by atoms with Crippen molar-refractivity contribution >= 4 is 17.5 Å². The van der Waals surface area contributed by atoms with Crippen LogP contribution in [-0.2, 0) is 4.79 Å². The van der Waals surface area contributed by atoms with Crippen LogP contribution in [0.2, 0.25) is 0 Å². The number of nitrogens with zero attached hydrogens (tertiary/aromatic N) is 2. The van der Waals surface area contributed by atoms with E-state index in [1.54, 1.807) is 0 Å². The van der Waals surface area contributed by atoms with Gasteiger partial charge in [0.1, 0.15) is 0 Å². The molecule has 0 bridgehead atoms. The number of hydrogen-bond acceptors (Lipinski definition) is 3. The third-order valence-electron chi connectivity index (χ3n) is 4.87. The molecule has 0 radical (unpaired) electrons. The van der Waals surface area contributed by atoms with Crippen molar-refractivity contribution in [1.82, 2.24) is 9.80 Å². The molecule has 3 rings (SSSR count). The molecule has 2 amide bonds. The highest BCUT2D eigenvalue weighted by atomic mass is 16.2. The first-order chi connectivity index (χ1) is 11.7. The van der Waals surface area contributed by atoms with Gasteiger partial charge in [0.15, 0.2) is 0 Å². The fraction of sp³-hybridized carbons (Fsp3) is 0.579. The van der Waals surface area contributed by atoms with Crippen LogP contribution in [0, 0.1) is 0 Å². The van der Waals surface area contributed by atoms with Crippen LogP contribution in [0.1, 0.15) is 48.9 Å². The number of carbonyl (C=O) groups excluding carboxylic acids is 2. The molecule has 0 aromatic heterocycles. The molecule has 0 atom stereocenters. The van der Waals surface area contributed by atoms with Crippen LogP contribution in [0.25, 0.3) is 0 Å². The van der Waals surface area contributed by atoms with Crippen LogP contribution < -0.4 is 5.32 Å². The number of hydrogen-bond donors (Lipinski definition) is 1. The number of rotatable bonds is 4. The molecule has 2 saturated heterocycles. The average molecular weight is 329 g/mol. The maximum atomic E-state index is 12.4. The summed E-state index contributed by atoms with van der Waals surface area (Å²) < 4.78 is 0. The lowest BCUT2D eigenvalue weighted by Crippen LogP contribution is -2.37. The molecule has 0 aliphatic carbocycles. The lowest BCUT2D eigenvalue weighted by molar-refractivity contribution is -0.117. The molecule has 5 nitrogen and oxygen atoms in total. The van der Waals surface area contributed by atoms with Crippen LogP contribution in [-0.4, -0.2) is 54.3 Å². The Hall–Kier alpha value is -1.88. The minimum absolute atomic E-state index is 0.0204. The summed E-state index contributed by atoms with van der Waals surface area (Å²) in [5, 5.41) is 2.93. The molecule has 2 aliphatic heterocycles. The normalized spacial score (nSPS) is 19.1. The molecule has 2 aliphatic rings. The predicted molar refractivity (Wildman–Crippen MR) is 95.1 cm³/mol. The van der Waals surface area contributed by atoms with Gasteiger partial charge in [0.25, 0.3) is 5.91 Å². The van der Waals surface area contributed by atoms with E-state index in [0.717, 1.165) is 44.7 Å². The third-order valence-corrected chi connectivity index (χ3v) is 4.87. The molecule has 0 spiro atoms. The van der Waals surface area contributed by atoms with E-state index in [4.69, 9.17) is 0 Å². The summed E-state index contributed by atoms with van der Waals surface area (Å²) in [6.45, 7) is 4.18. The maximum Gasteiger partial charge on any atom is 0.253 e. The summed E-state index contributed by atoms with van der Waals surface area (Å²) in [4.78, 5) is 28.7. The van der Waals surface area contributed by atoms with Gasteiger partial charge < -0.3 is 10.2 Å². The molecule has 0 saturated carbocycles.